The molecule has 0 bridgehead atoms. The average molecular weight is 387 g/mol. The molecule has 160 valence electrons. The molecule has 0 amide bonds. The Bertz CT molecular complexity index is 579. The minimum atomic E-state index is -0.0159. The van der Waals surface area contributed by atoms with Crippen LogP contribution >= 0.6 is 0 Å². The number of rotatable bonds is 4. The first-order chi connectivity index (χ1) is 13.3. The molecule has 4 aliphatic carbocycles. The molecular formula is C27H46O. The Kier molecular flexibility index (Phi) is 5.80. The predicted molar refractivity (Wildman–Crippen MR) is 119 cm³/mol. The second-order valence-electron chi connectivity index (χ2n) is 12.2. The molecule has 1 N–H and O–H groups in total. The molecule has 0 saturated heterocycles. The molecule has 4 fully saturated rings. The molecule has 4 saturated carbocycles. The van der Waals surface area contributed by atoms with E-state index in [1.807, 2.05) is 0 Å². The maximum Gasteiger partial charge on any atom is 0.0543 e. The van der Waals surface area contributed by atoms with Crippen molar-refractivity contribution in [2.75, 3.05) is 0 Å². The van der Waals surface area contributed by atoms with Crippen LogP contribution in [0.4, 0.5) is 0 Å². The van der Waals surface area contributed by atoms with Crippen molar-refractivity contribution in [3.8, 4) is 0 Å². The van der Waals surface area contributed by atoms with Crippen molar-refractivity contribution in [1.29, 1.82) is 0 Å². The van der Waals surface area contributed by atoms with Crippen LogP contribution in [0.1, 0.15) is 98.8 Å². The zero-order valence-corrected chi connectivity index (χ0v) is 19.3. The third kappa shape index (κ3) is 3.42. The minimum Gasteiger partial charge on any atom is -0.393 e. The van der Waals surface area contributed by atoms with Gasteiger partial charge in [-0.1, -0.05) is 46.8 Å². The fourth-order valence-corrected chi connectivity index (χ4v) is 8.84. The van der Waals surface area contributed by atoms with Gasteiger partial charge in [0.1, 0.15) is 0 Å². The molecule has 0 aromatic rings. The van der Waals surface area contributed by atoms with Gasteiger partial charge in [0.2, 0.25) is 0 Å². The zero-order chi connectivity index (χ0) is 20.1. The molecule has 0 aromatic heterocycles. The van der Waals surface area contributed by atoms with Gasteiger partial charge in [0, 0.05) is 0 Å². The van der Waals surface area contributed by atoms with Crippen LogP contribution in [0.2, 0.25) is 0 Å². The van der Waals surface area contributed by atoms with Crippen LogP contribution in [-0.2, 0) is 0 Å². The van der Waals surface area contributed by atoms with Gasteiger partial charge in [0.25, 0.3) is 0 Å². The van der Waals surface area contributed by atoms with Gasteiger partial charge in [0.15, 0.2) is 0 Å². The highest BCUT2D eigenvalue weighted by molar-refractivity contribution is 5.11. The lowest BCUT2D eigenvalue weighted by molar-refractivity contribution is -0.128. The molecule has 0 spiro atoms. The molecule has 1 heteroatoms. The molecule has 4 aliphatic rings. The SMILES string of the molecule is CC(C)C/C=C/[C@@H](C)[C@H]1CC[C@H]2[C@@H]3CCC4C[C@@H](O)CC[C@]4(C)[C@H]3CC[C@]12C. The number of hydrogen-bond donors (Lipinski definition) is 1. The highest BCUT2D eigenvalue weighted by Gasteiger charge is 2.60. The summed E-state index contributed by atoms with van der Waals surface area (Å²) in [5.41, 5.74) is 1.09. The van der Waals surface area contributed by atoms with Crippen molar-refractivity contribution in [1.82, 2.24) is 0 Å². The van der Waals surface area contributed by atoms with E-state index < -0.39 is 0 Å². The van der Waals surface area contributed by atoms with E-state index >= 15 is 0 Å². The van der Waals surface area contributed by atoms with Crippen LogP contribution in [0.25, 0.3) is 0 Å². The summed E-state index contributed by atoms with van der Waals surface area (Å²) in [6.07, 6.45) is 18.3. The summed E-state index contributed by atoms with van der Waals surface area (Å²) in [4.78, 5) is 0. The number of aliphatic hydroxyl groups is 1. The summed E-state index contributed by atoms with van der Waals surface area (Å²) in [6.45, 7) is 12.4. The van der Waals surface area contributed by atoms with Crippen LogP contribution in [0.15, 0.2) is 12.2 Å². The first kappa shape index (κ1) is 21.0. The van der Waals surface area contributed by atoms with Crippen molar-refractivity contribution in [3.05, 3.63) is 12.2 Å². The molecule has 1 unspecified atom stereocenters. The molecule has 4 rings (SSSR count). The Balaban J connectivity index is 1.50. The Labute approximate surface area is 174 Å². The molecular weight excluding hydrogens is 340 g/mol. The van der Waals surface area contributed by atoms with Gasteiger partial charge < -0.3 is 5.11 Å². The van der Waals surface area contributed by atoms with Gasteiger partial charge in [-0.3, -0.25) is 0 Å². The fourth-order valence-electron chi connectivity index (χ4n) is 8.84. The topological polar surface area (TPSA) is 20.2 Å². The van der Waals surface area contributed by atoms with Crippen molar-refractivity contribution in [2.24, 2.45) is 52.3 Å². The molecule has 28 heavy (non-hydrogen) atoms. The second-order valence-corrected chi connectivity index (χ2v) is 12.2. The number of hydrogen-bond acceptors (Lipinski definition) is 1. The van der Waals surface area contributed by atoms with E-state index in [0.717, 1.165) is 54.3 Å². The van der Waals surface area contributed by atoms with E-state index in [2.05, 4.69) is 46.8 Å². The lowest BCUT2D eigenvalue weighted by atomic mass is 9.44. The van der Waals surface area contributed by atoms with E-state index in [1.165, 1.54) is 51.4 Å². The molecule has 0 aromatic carbocycles. The highest BCUT2D eigenvalue weighted by atomic mass is 16.3. The predicted octanol–water partition coefficient (Wildman–Crippen LogP) is 7.24. The molecule has 0 aliphatic heterocycles. The standard InChI is InChI=1S/C27H46O/c1-18(2)7-6-8-19(3)23-11-12-24-22-10-9-20-17-21(28)13-15-26(20,4)25(22)14-16-27(23,24)5/h6,8,18-25,28H,7,9-17H2,1-5H3/b8-6+/t19-,20?,21+,22+,23-,24+,25+,26+,27-/m1/s1. The van der Waals surface area contributed by atoms with E-state index in [9.17, 15) is 5.11 Å². The summed E-state index contributed by atoms with van der Waals surface area (Å²) in [7, 11) is 0. The number of allylic oxidation sites excluding steroid dienone is 2. The summed E-state index contributed by atoms with van der Waals surface area (Å²) >= 11 is 0. The Morgan fingerprint density at radius 1 is 0.893 bits per heavy atom. The van der Waals surface area contributed by atoms with Gasteiger partial charge in [-0.05, 0) is 116 Å². The van der Waals surface area contributed by atoms with Crippen molar-refractivity contribution < 1.29 is 5.11 Å². The monoisotopic (exact) mass is 386 g/mol. The number of fused-ring (bicyclic) bond motifs is 5. The van der Waals surface area contributed by atoms with E-state index in [4.69, 9.17) is 0 Å². The summed E-state index contributed by atoms with van der Waals surface area (Å²) in [5, 5.41) is 10.2. The average Bonchev–Trinajstić information content (AvgIpc) is 2.99. The van der Waals surface area contributed by atoms with Crippen LogP contribution in [0.3, 0.4) is 0 Å². The zero-order valence-electron chi connectivity index (χ0n) is 19.3. The lowest BCUT2D eigenvalue weighted by Gasteiger charge is -2.61. The van der Waals surface area contributed by atoms with Gasteiger partial charge >= 0.3 is 0 Å². The molecule has 0 radical (unpaired) electrons. The van der Waals surface area contributed by atoms with Crippen LogP contribution in [-0.4, -0.2) is 11.2 Å². The van der Waals surface area contributed by atoms with E-state index in [-0.39, 0.29) is 6.10 Å². The van der Waals surface area contributed by atoms with E-state index in [0.29, 0.717) is 10.8 Å². The normalized spacial score (nSPS) is 49.7. The van der Waals surface area contributed by atoms with Gasteiger partial charge in [-0.2, -0.15) is 0 Å². The maximum atomic E-state index is 10.2. The quantitative estimate of drug-likeness (QED) is 0.505. The van der Waals surface area contributed by atoms with Crippen LogP contribution in [0.5, 0.6) is 0 Å². The highest BCUT2D eigenvalue weighted by Crippen LogP contribution is 2.68. The summed E-state index contributed by atoms with van der Waals surface area (Å²) in [6, 6.07) is 0. The number of aliphatic hydroxyl groups excluding tert-OH is 1. The molecule has 0 heterocycles. The maximum absolute atomic E-state index is 10.2. The van der Waals surface area contributed by atoms with Crippen molar-refractivity contribution in [3.63, 3.8) is 0 Å². The third-order valence-electron chi connectivity index (χ3n) is 10.4. The molecule has 9 atom stereocenters. The van der Waals surface area contributed by atoms with Gasteiger partial charge in [-0.15, -0.1) is 0 Å². The second kappa shape index (κ2) is 7.75. The Hall–Kier alpha value is -0.300. The smallest absolute Gasteiger partial charge is 0.0543 e. The first-order valence-corrected chi connectivity index (χ1v) is 12.6. The first-order valence-electron chi connectivity index (χ1n) is 12.6. The van der Waals surface area contributed by atoms with Crippen molar-refractivity contribution in [2.45, 2.75) is 105 Å². The summed E-state index contributed by atoms with van der Waals surface area (Å²) < 4.78 is 0. The van der Waals surface area contributed by atoms with Crippen LogP contribution < -0.4 is 0 Å². The Morgan fingerprint density at radius 2 is 1.61 bits per heavy atom. The summed E-state index contributed by atoms with van der Waals surface area (Å²) in [5.74, 6) is 6.05. The Morgan fingerprint density at radius 3 is 2.36 bits per heavy atom. The van der Waals surface area contributed by atoms with Crippen molar-refractivity contribution >= 4 is 0 Å². The van der Waals surface area contributed by atoms with E-state index in [1.54, 1.807) is 0 Å². The van der Waals surface area contributed by atoms with Gasteiger partial charge in [-0.25, -0.2) is 0 Å². The largest absolute Gasteiger partial charge is 0.393 e. The van der Waals surface area contributed by atoms with Crippen LogP contribution in [0, 0.1) is 52.3 Å². The fraction of sp³-hybridized carbons (Fsp3) is 0.926. The third-order valence-corrected chi connectivity index (χ3v) is 10.4. The minimum absolute atomic E-state index is 0.0159. The lowest BCUT2D eigenvalue weighted by Crippen LogP contribution is -2.54. The van der Waals surface area contributed by atoms with Gasteiger partial charge in [0.05, 0.1) is 6.10 Å². The molecule has 1 nitrogen and oxygen atoms in total.